The fraction of sp³-hybridized carbons (Fsp3) is 0.600. The van der Waals surface area contributed by atoms with E-state index in [0.29, 0.717) is 19.5 Å². The zero-order valence-electron chi connectivity index (χ0n) is 12.8. The third-order valence-electron chi connectivity index (χ3n) is 3.17. The molecule has 0 aromatic carbocycles. The molecule has 0 spiro atoms. The summed E-state index contributed by atoms with van der Waals surface area (Å²) in [5.41, 5.74) is 0.732. The zero-order valence-corrected chi connectivity index (χ0v) is 13.6. The van der Waals surface area contributed by atoms with Crippen LogP contribution in [0.1, 0.15) is 37.6 Å². The maximum Gasteiger partial charge on any atom is 0.407 e. The van der Waals surface area contributed by atoms with Crippen molar-refractivity contribution in [3.63, 3.8) is 0 Å². The summed E-state index contributed by atoms with van der Waals surface area (Å²) in [6.07, 6.45) is 0.755. The monoisotopic (exact) mass is 310 g/mol. The summed E-state index contributed by atoms with van der Waals surface area (Å²) in [7, 11) is 0. The smallest absolute Gasteiger partial charge is 0.407 e. The van der Waals surface area contributed by atoms with Crippen molar-refractivity contribution in [2.45, 2.75) is 45.8 Å². The second kappa shape index (κ2) is 6.47. The largest absolute Gasteiger partial charge is 0.444 e. The van der Waals surface area contributed by atoms with E-state index in [4.69, 9.17) is 4.74 Å². The molecule has 0 bridgehead atoms. The SMILES string of the molecule is CC(C)(C)OC(=O)NCCC(=O)N1CCc2sccc2C1. The number of alkyl carbamates (subject to hydrolysis) is 1. The van der Waals surface area contributed by atoms with E-state index in [2.05, 4.69) is 16.8 Å². The van der Waals surface area contributed by atoms with Gasteiger partial charge in [-0.05, 0) is 44.2 Å². The van der Waals surface area contributed by atoms with Crippen LogP contribution in [0.2, 0.25) is 0 Å². The number of hydrogen-bond donors (Lipinski definition) is 1. The van der Waals surface area contributed by atoms with Gasteiger partial charge in [0.2, 0.25) is 5.91 Å². The lowest BCUT2D eigenvalue weighted by Crippen LogP contribution is -2.38. The predicted molar refractivity (Wildman–Crippen MR) is 82.3 cm³/mol. The number of carbonyl (C=O) groups excluding carboxylic acids is 2. The molecule has 21 heavy (non-hydrogen) atoms. The van der Waals surface area contributed by atoms with Crippen LogP contribution >= 0.6 is 11.3 Å². The highest BCUT2D eigenvalue weighted by molar-refractivity contribution is 7.10. The first-order valence-electron chi connectivity index (χ1n) is 7.15. The van der Waals surface area contributed by atoms with Crippen molar-refractivity contribution in [1.29, 1.82) is 0 Å². The number of nitrogens with one attached hydrogen (secondary N) is 1. The number of hydrogen-bond acceptors (Lipinski definition) is 4. The molecule has 116 valence electrons. The lowest BCUT2D eigenvalue weighted by Gasteiger charge is -2.27. The van der Waals surface area contributed by atoms with Crippen molar-refractivity contribution in [3.05, 3.63) is 21.9 Å². The van der Waals surface area contributed by atoms with Gasteiger partial charge < -0.3 is 15.0 Å². The van der Waals surface area contributed by atoms with Crippen molar-refractivity contribution in [2.75, 3.05) is 13.1 Å². The second-order valence-corrected chi connectivity index (χ2v) is 7.11. The quantitative estimate of drug-likeness (QED) is 0.933. The van der Waals surface area contributed by atoms with E-state index in [9.17, 15) is 9.59 Å². The molecule has 1 aliphatic rings. The summed E-state index contributed by atoms with van der Waals surface area (Å²) in [5, 5.41) is 4.69. The first kappa shape index (κ1) is 15.8. The highest BCUT2D eigenvalue weighted by Gasteiger charge is 2.21. The van der Waals surface area contributed by atoms with Crippen molar-refractivity contribution < 1.29 is 14.3 Å². The van der Waals surface area contributed by atoms with Gasteiger partial charge in [0.15, 0.2) is 0 Å². The summed E-state index contributed by atoms with van der Waals surface area (Å²) in [6.45, 7) is 7.18. The van der Waals surface area contributed by atoms with Gasteiger partial charge in [-0.1, -0.05) is 0 Å². The zero-order chi connectivity index (χ0) is 15.5. The molecule has 5 nitrogen and oxygen atoms in total. The summed E-state index contributed by atoms with van der Waals surface area (Å²) >= 11 is 1.75. The van der Waals surface area contributed by atoms with Gasteiger partial charge >= 0.3 is 6.09 Å². The van der Waals surface area contributed by atoms with Gasteiger partial charge in [-0.15, -0.1) is 11.3 Å². The molecule has 2 heterocycles. The highest BCUT2D eigenvalue weighted by Crippen LogP contribution is 2.24. The molecular formula is C15H22N2O3S. The molecule has 0 fully saturated rings. The summed E-state index contributed by atoms with van der Waals surface area (Å²) in [6, 6.07) is 2.08. The Labute approximate surface area is 129 Å². The van der Waals surface area contributed by atoms with Crippen LogP contribution in [0.15, 0.2) is 11.4 Å². The molecule has 6 heteroatoms. The van der Waals surface area contributed by atoms with Gasteiger partial charge in [0.1, 0.15) is 5.60 Å². The fourth-order valence-electron chi connectivity index (χ4n) is 2.21. The Bertz CT molecular complexity index is 519. The first-order valence-corrected chi connectivity index (χ1v) is 8.03. The molecule has 0 radical (unpaired) electrons. The maximum atomic E-state index is 12.1. The second-order valence-electron chi connectivity index (χ2n) is 6.11. The van der Waals surface area contributed by atoms with Gasteiger partial charge in [-0.25, -0.2) is 4.79 Å². The Hall–Kier alpha value is -1.56. The lowest BCUT2D eigenvalue weighted by molar-refractivity contribution is -0.131. The molecule has 1 aromatic rings. The molecule has 2 rings (SSSR count). The van der Waals surface area contributed by atoms with Gasteiger partial charge in [0.05, 0.1) is 0 Å². The molecule has 0 unspecified atom stereocenters. The molecule has 1 aromatic heterocycles. The number of amides is 2. The molecule has 0 saturated heterocycles. The number of thiophene rings is 1. The summed E-state index contributed by atoms with van der Waals surface area (Å²) < 4.78 is 5.13. The summed E-state index contributed by atoms with van der Waals surface area (Å²) in [4.78, 5) is 26.9. The Balaban J connectivity index is 1.72. The average Bonchev–Trinajstić information content (AvgIpc) is 2.83. The van der Waals surface area contributed by atoms with Gasteiger partial charge in [0, 0.05) is 30.9 Å². The van der Waals surface area contributed by atoms with Gasteiger partial charge in [-0.3, -0.25) is 4.79 Å². The third kappa shape index (κ3) is 4.74. The van der Waals surface area contributed by atoms with Crippen LogP contribution in [0.4, 0.5) is 4.79 Å². The minimum Gasteiger partial charge on any atom is -0.444 e. The average molecular weight is 310 g/mol. The van der Waals surface area contributed by atoms with Gasteiger partial charge in [0.25, 0.3) is 0 Å². The van der Waals surface area contributed by atoms with E-state index >= 15 is 0 Å². The Morgan fingerprint density at radius 2 is 2.19 bits per heavy atom. The molecular weight excluding hydrogens is 288 g/mol. The van der Waals surface area contributed by atoms with Crippen LogP contribution in [0.5, 0.6) is 0 Å². The Morgan fingerprint density at radius 1 is 1.43 bits per heavy atom. The van der Waals surface area contributed by atoms with Crippen LogP contribution in [-0.2, 0) is 22.5 Å². The number of nitrogens with zero attached hydrogens (tertiary/aromatic N) is 1. The molecule has 0 saturated carbocycles. The first-order chi connectivity index (χ1) is 9.85. The van der Waals surface area contributed by atoms with E-state index in [1.807, 2.05) is 25.7 Å². The van der Waals surface area contributed by atoms with E-state index in [-0.39, 0.29) is 5.91 Å². The minimum absolute atomic E-state index is 0.0721. The predicted octanol–water partition coefficient (Wildman–Crippen LogP) is 2.55. The number of ether oxygens (including phenoxy) is 1. The van der Waals surface area contributed by atoms with Crippen LogP contribution in [0.3, 0.4) is 0 Å². The van der Waals surface area contributed by atoms with Crippen molar-refractivity contribution in [3.8, 4) is 0 Å². The molecule has 0 aliphatic carbocycles. The fourth-order valence-corrected chi connectivity index (χ4v) is 3.09. The Morgan fingerprint density at radius 3 is 2.90 bits per heavy atom. The molecule has 1 N–H and O–H groups in total. The van der Waals surface area contributed by atoms with E-state index < -0.39 is 11.7 Å². The van der Waals surface area contributed by atoms with E-state index in [0.717, 1.165) is 13.0 Å². The molecule has 2 amide bonds. The number of carbonyl (C=O) groups is 2. The standard InChI is InChI=1S/C15H22N2O3S/c1-15(2,3)20-14(19)16-7-4-13(18)17-8-5-12-11(10-17)6-9-21-12/h6,9H,4-5,7-8,10H2,1-3H3,(H,16,19). The minimum atomic E-state index is -0.518. The molecule has 1 aliphatic heterocycles. The van der Waals surface area contributed by atoms with Crippen molar-refractivity contribution >= 4 is 23.3 Å². The lowest BCUT2D eigenvalue weighted by atomic mass is 10.1. The number of rotatable bonds is 3. The van der Waals surface area contributed by atoms with E-state index in [1.54, 1.807) is 11.3 Å². The van der Waals surface area contributed by atoms with Crippen molar-refractivity contribution in [1.82, 2.24) is 10.2 Å². The number of fused-ring (bicyclic) bond motifs is 1. The maximum absolute atomic E-state index is 12.1. The Kier molecular flexibility index (Phi) is 4.88. The van der Waals surface area contributed by atoms with Crippen LogP contribution in [0, 0.1) is 0 Å². The van der Waals surface area contributed by atoms with Crippen LogP contribution < -0.4 is 5.32 Å². The van der Waals surface area contributed by atoms with Crippen LogP contribution in [-0.4, -0.2) is 35.6 Å². The van der Waals surface area contributed by atoms with Crippen molar-refractivity contribution in [2.24, 2.45) is 0 Å². The van der Waals surface area contributed by atoms with Crippen LogP contribution in [0.25, 0.3) is 0 Å². The topological polar surface area (TPSA) is 58.6 Å². The summed E-state index contributed by atoms with van der Waals surface area (Å²) in [5.74, 6) is 0.0721. The third-order valence-corrected chi connectivity index (χ3v) is 4.19. The molecule has 0 atom stereocenters. The normalized spacial score (nSPS) is 14.5. The van der Waals surface area contributed by atoms with E-state index in [1.165, 1.54) is 10.4 Å². The highest BCUT2D eigenvalue weighted by atomic mass is 32.1. The van der Waals surface area contributed by atoms with Gasteiger partial charge in [-0.2, -0.15) is 0 Å².